The highest BCUT2D eigenvalue weighted by Crippen LogP contribution is 2.25. The smallest absolute Gasteiger partial charge is 0.226 e. The molecule has 0 aliphatic rings. The van der Waals surface area contributed by atoms with Gasteiger partial charge in [-0.15, -0.1) is 0 Å². The molecule has 0 aliphatic heterocycles. The van der Waals surface area contributed by atoms with Crippen molar-refractivity contribution in [3.05, 3.63) is 54.1 Å². The number of thiazole rings is 1. The maximum absolute atomic E-state index is 12.1. The van der Waals surface area contributed by atoms with E-state index in [0.29, 0.717) is 18.0 Å². The van der Waals surface area contributed by atoms with Crippen LogP contribution < -0.4 is 10.1 Å². The monoisotopic (exact) mass is 312 g/mol. The van der Waals surface area contributed by atoms with E-state index in [0.717, 1.165) is 21.5 Å². The summed E-state index contributed by atoms with van der Waals surface area (Å²) in [6, 6.07) is 15.6. The summed E-state index contributed by atoms with van der Waals surface area (Å²) in [6.07, 6.45) is 1.04. The van der Waals surface area contributed by atoms with Gasteiger partial charge in [-0.1, -0.05) is 41.7 Å². The van der Waals surface area contributed by atoms with Crippen LogP contribution in [0.4, 0.5) is 5.13 Å². The predicted octanol–water partition coefficient (Wildman–Crippen LogP) is 3.88. The van der Waals surface area contributed by atoms with Gasteiger partial charge in [0.2, 0.25) is 5.91 Å². The van der Waals surface area contributed by atoms with Crippen LogP contribution in [0, 0.1) is 0 Å². The van der Waals surface area contributed by atoms with E-state index in [1.54, 1.807) is 7.11 Å². The van der Waals surface area contributed by atoms with Crippen LogP contribution in [0.5, 0.6) is 5.75 Å². The Morgan fingerprint density at radius 2 is 1.95 bits per heavy atom. The first-order chi connectivity index (χ1) is 10.8. The number of methoxy groups -OCH3 is 1. The minimum Gasteiger partial charge on any atom is -0.496 e. The third kappa shape index (κ3) is 3.26. The number of nitrogens with one attached hydrogen (secondary N) is 1. The second kappa shape index (κ2) is 6.58. The van der Waals surface area contributed by atoms with Crippen LogP contribution in [0.25, 0.3) is 10.2 Å². The van der Waals surface area contributed by atoms with Crippen molar-refractivity contribution in [2.45, 2.75) is 12.8 Å². The van der Waals surface area contributed by atoms with Gasteiger partial charge < -0.3 is 10.1 Å². The van der Waals surface area contributed by atoms with Crippen LogP contribution in [-0.4, -0.2) is 18.0 Å². The van der Waals surface area contributed by atoms with Gasteiger partial charge in [0, 0.05) is 6.42 Å². The molecule has 5 heteroatoms. The Morgan fingerprint density at radius 1 is 1.18 bits per heavy atom. The molecule has 0 radical (unpaired) electrons. The lowest BCUT2D eigenvalue weighted by molar-refractivity contribution is -0.116. The lowest BCUT2D eigenvalue weighted by atomic mass is 10.1. The third-order valence-corrected chi connectivity index (χ3v) is 4.31. The molecular formula is C17H16N2O2S. The van der Waals surface area contributed by atoms with Gasteiger partial charge in [0.05, 0.1) is 17.3 Å². The molecule has 112 valence electrons. The van der Waals surface area contributed by atoms with Crippen LogP contribution in [0.15, 0.2) is 48.5 Å². The summed E-state index contributed by atoms with van der Waals surface area (Å²) in [5.41, 5.74) is 1.94. The first kappa shape index (κ1) is 14.5. The van der Waals surface area contributed by atoms with Crippen molar-refractivity contribution in [3.8, 4) is 5.75 Å². The Labute approximate surface area is 132 Å². The molecule has 3 aromatic rings. The van der Waals surface area contributed by atoms with Gasteiger partial charge in [-0.2, -0.15) is 0 Å². The first-order valence-electron chi connectivity index (χ1n) is 7.03. The van der Waals surface area contributed by atoms with Gasteiger partial charge >= 0.3 is 0 Å². The van der Waals surface area contributed by atoms with E-state index in [2.05, 4.69) is 10.3 Å². The molecule has 1 N–H and O–H groups in total. The number of rotatable bonds is 5. The maximum atomic E-state index is 12.1. The number of fused-ring (bicyclic) bond motifs is 1. The normalized spacial score (nSPS) is 10.6. The fourth-order valence-electron chi connectivity index (χ4n) is 2.27. The summed E-state index contributed by atoms with van der Waals surface area (Å²) in [7, 11) is 1.64. The fraction of sp³-hybridized carbons (Fsp3) is 0.176. The highest BCUT2D eigenvalue weighted by atomic mass is 32.1. The molecule has 4 nitrogen and oxygen atoms in total. The molecule has 2 aromatic carbocycles. The van der Waals surface area contributed by atoms with Crippen molar-refractivity contribution in [2.75, 3.05) is 12.4 Å². The van der Waals surface area contributed by atoms with Crippen LogP contribution in [0.1, 0.15) is 12.0 Å². The quantitative estimate of drug-likeness (QED) is 0.778. The van der Waals surface area contributed by atoms with Gasteiger partial charge in [0.15, 0.2) is 5.13 Å². The Kier molecular flexibility index (Phi) is 4.34. The Hall–Kier alpha value is -2.40. The Morgan fingerprint density at radius 3 is 2.77 bits per heavy atom. The van der Waals surface area contributed by atoms with Crippen molar-refractivity contribution in [3.63, 3.8) is 0 Å². The number of ether oxygens (including phenoxy) is 1. The molecule has 3 rings (SSSR count). The standard InChI is InChI=1S/C17H16N2O2S/c1-21-14-8-4-2-6-12(14)10-11-16(20)19-17-18-13-7-3-5-9-15(13)22-17/h2-9H,10-11H2,1H3,(H,18,19,20). The van der Waals surface area contributed by atoms with E-state index in [-0.39, 0.29) is 5.91 Å². The van der Waals surface area contributed by atoms with Gasteiger partial charge in [0.1, 0.15) is 5.75 Å². The minimum atomic E-state index is -0.0371. The number of anilines is 1. The molecule has 1 heterocycles. The average Bonchev–Trinajstić information content (AvgIpc) is 2.95. The topological polar surface area (TPSA) is 51.2 Å². The highest BCUT2D eigenvalue weighted by molar-refractivity contribution is 7.22. The molecule has 1 amide bonds. The fourth-order valence-corrected chi connectivity index (χ4v) is 3.15. The van der Waals surface area contributed by atoms with Crippen molar-refractivity contribution < 1.29 is 9.53 Å². The number of benzene rings is 2. The number of hydrogen-bond donors (Lipinski definition) is 1. The zero-order chi connectivity index (χ0) is 15.4. The van der Waals surface area contributed by atoms with E-state index in [1.165, 1.54) is 11.3 Å². The van der Waals surface area contributed by atoms with Gasteiger partial charge in [-0.25, -0.2) is 4.98 Å². The molecule has 0 saturated heterocycles. The van der Waals surface area contributed by atoms with Crippen molar-refractivity contribution in [1.29, 1.82) is 0 Å². The number of para-hydroxylation sites is 2. The molecule has 0 fully saturated rings. The Bertz CT molecular complexity index is 765. The van der Waals surface area contributed by atoms with Crippen molar-refractivity contribution in [1.82, 2.24) is 4.98 Å². The van der Waals surface area contributed by atoms with Crippen LogP contribution in [-0.2, 0) is 11.2 Å². The molecule has 0 saturated carbocycles. The molecule has 0 bridgehead atoms. The van der Waals surface area contributed by atoms with E-state index in [1.807, 2.05) is 48.5 Å². The van der Waals surface area contributed by atoms with Crippen LogP contribution in [0.2, 0.25) is 0 Å². The summed E-state index contributed by atoms with van der Waals surface area (Å²) < 4.78 is 6.37. The predicted molar refractivity (Wildman–Crippen MR) is 89.6 cm³/mol. The third-order valence-electron chi connectivity index (χ3n) is 3.35. The number of hydrogen-bond acceptors (Lipinski definition) is 4. The van der Waals surface area contributed by atoms with E-state index < -0.39 is 0 Å². The van der Waals surface area contributed by atoms with Crippen LogP contribution in [0.3, 0.4) is 0 Å². The molecule has 0 aliphatic carbocycles. The molecule has 1 aromatic heterocycles. The van der Waals surface area contributed by atoms with Gasteiger partial charge in [-0.05, 0) is 30.2 Å². The summed E-state index contributed by atoms with van der Waals surface area (Å²) in [6.45, 7) is 0. The number of carbonyl (C=O) groups is 1. The summed E-state index contributed by atoms with van der Waals surface area (Å²) in [4.78, 5) is 16.5. The van der Waals surface area contributed by atoms with Crippen LogP contribution >= 0.6 is 11.3 Å². The molecule has 0 unspecified atom stereocenters. The Balaban J connectivity index is 1.62. The second-order valence-corrected chi connectivity index (χ2v) is 5.88. The largest absolute Gasteiger partial charge is 0.496 e. The SMILES string of the molecule is COc1ccccc1CCC(=O)Nc1nc2ccccc2s1. The second-order valence-electron chi connectivity index (χ2n) is 4.85. The summed E-state index contributed by atoms with van der Waals surface area (Å²) in [5, 5.41) is 3.51. The minimum absolute atomic E-state index is 0.0371. The summed E-state index contributed by atoms with van der Waals surface area (Å²) in [5.74, 6) is 0.778. The van der Waals surface area contributed by atoms with Gasteiger partial charge in [-0.3, -0.25) is 4.79 Å². The number of carbonyl (C=O) groups excluding carboxylic acids is 1. The van der Waals surface area contributed by atoms with E-state index in [4.69, 9.17) is 4.74 Å². The first-order valence-corrected chi connectivity index (χ1v) is 7.85. The van der Waals surface area contributed by atoms with E-state index >= 15 is 0 Å². The zero-order valence-corrected chi connectivity index (χ0v) is 13.0. The van der Waals surface area contributed by atoms with E-state index in [9.17, 15) is 4.79 Å². The number of amides is 1. The zero-order valence-electron chi connectivity index (χ0n) is 12.2. The molecule has 0 spiro atoms. The number of aromatic nitrogens is 1. The average molecular weight is 312 g/mol. The number of aryl methyl sites for hydroxylation is 1. The molecule has 0 atom stereocenters. The van der Waals surface area contributed by atoms with Gasteiger partial charge in [0.25, 0.3) is 0 Å². The molecule has 22 heavy (non-hydrogen) atoms. The van der Waals surface area contributed by atoms with Crippen molar-refractivity contribution >= 4 is 32.6 Å². The lowest BCUT2D eigenvalue weighted by Gasteiger charge is -2.07. The maximum Gasteiger partial charge on any atom is 0.226 e. The molecular weight excluding hydrogens is 296 g/mol. The summed E-state index contributed by atoms with van der Waals surface area (Å²) >= 11 is 1.49. The lowest BCUT2D eigenvalue weighted by Crippen LogP contribution is -2.12. The number of nitrogens with zero attached hydrogens (tertiary/aromatic N) is 1. The van der Waals surface area contributed by atoms with Crippen molar-refractivity contribution in [2.24, 2.45) is 0 Å². The highest BCUT2D eigenvalue weighted by Gasteiger charge is 2.09.